The number of amides is 3. The molecule has 2 aromatic carbocycles. The molecular weight excluding hydrogens is 300 g/mol. The predicted octanol–water partition coefficient (Wildman–Crippen LogP) is 2.57. The van der Waals surface area contributed by atoms with Crippen molar-refractivity contribution < 1.29 is 9.59 Å². The highest BCUT2D eigenvalue weighted by Crippen LogP contribution is 2.37. The lowest BCUT2D eigenvalue weighted by molar-refractivity contribution is -0.119. The van der Waals surface area contributed by atoms with E-state index < -0.39 is 17.2 Å². The Hall–Kier alpha value is -2.54. The van der Waals surface area contributed by atoms with Gasteiger partial charge in [-0.25, -0.2) is 9.79 Å². The second kappa shape index (κ2) is 5.69. The zero-order valence-electron chi connectivity index (χ0n) is 11.8. The molecule has 0 fully saturated rings. The predicted molar refractivity (Wildman–Crippen MR) is 89.4 cm³/mol. The van der Waals surface area contributed by atoms with Gasteiger partial charge in [-0.05, 0) is 24.4 Å². The number of urea groups is 1. The number of aliphatic imine (C=N–C) groups is 1. The molecule has 0 aliphatic carbocycles. The Morgan fingerprint density at radius 2 is 2.00 bits per heavy atom. The number of benzene rings is 2. The van der Waals surface area contributed by atoms with Gasteiger partial charge in [0.15, 0.2) is 5.17 Å². The minimum Gasteiger partial charge on any atom is -0.351 e. The first kappa shape index (κ1) is 14.4. The SMILES string of the molecule is C[C@@H](SC1=Nc2cccc3cccc(c23)N1)C(=O)NC(N)=O. The standard InChI is InChI=1S/C15H14N4O2S/c1-8(13(20)19-14(16)21)22-15-17-10-6-2-4-9-5-3-7-11(18-15)12(9)10/h2-8H,1H3,(H,17,18)(H3,16,19,20,21)/t8-/m1/s1. The van der Waals surface area contributed by atoms with Crippen LogP contribution in [0.15, 0.2) is 41.4 Å². The molecule has 1 atom stereocenters. The Balaban J connectivity index is 1.85. The Kier molecular flexibility index (Phi) is 3.72. The number of amidine groups is 1. The second-order valence-corrected chi connectivity index (χ2v) is 6.17. The van der Waals surface area contributed by atoms with Crippen molar-refractivity contribution in [2.75, 3.05) is 5.32 Å². The van der Waals surface area contributed by atoms with Crippen molar-refractivity contribution in [1.29, 1.82) is 0 Å². The first-order valence-electron chi connectivity index (χ1n) is 6.69. The van der Waals surface area contributed by atoms with Crippen LogP contribution in [0.2, 0.25) is 0 Å². The van der Waals surface area contributed by atoms with Crippen LogP contribution in [0.3, 0.4) is 0 Å². The number of imide groups is 1. The molecule has 4 N–H and O–H groups in total. The fourth-order valence-corrected chi connectivity index (χ4v) is 3.09. The van der Waals surface area contributed by atoms with Gasteiger partial charge in [-0.2, -0.15) is 0 Å². The maximum Gasteiger partial charge on any atom is 0.318 e. The first-order chi connectivity index (χ1) is 10.5. The molecule has 1 aliphatic heterocycles. The molecule has 0 saturated heterocycles. The number of thioether (sulfide) groups is 1. The van der Waals surface area contributed by atoms with Gasteiger partial charge in [0.25, 0.3) is 0 Å². The molecule has 0 spiro atoms. The number of hydrogen-bond acceptors (Lipinski definition) is 5. The molecule has 1 heterocycles. The summed E-state index contributed by atoms with van der Waals surface area (Å²) < 4.78 is 0. The molecule has 22 heavy (non-hydrogen) atoms. The van der Waals surface area contributed by atoms with Crippen LogP contribution in [0, 0.1) is 0 Å². The molecule has 0 saturated carbocycles. The van der Waals surface area contributed by atoms with Crippen LogP contribution in [0.1, 0.15) is 6.92 Å². The summed E-state index contributed by atoms with van der Waals surface area (Å²) in [4.78, 5) is 27.0. The third-order valence-corrected chi connectivity index (χ3v) is 4.23. The Morgan fingerprint density at radius 1 is 1.27 bits per heavy atom. The number of nitrogens with two attached hydrogens (primary N) is 1. The van der Waals surface area contributed by atoms with E-state index in [0.717, 1.165) is 22.1 Å². The van der Waals surface area contributed by atoms with Gasteiger partial charge in [0, 0.05) is 5.39 Å². The molecule has 6 nitrogen and oxygen atoms in total. The molecule has 3 rings (SSSR count). The fourth-order valence-electron chi connectivity index (χ4n) is 2.27. The molecule has 0 unspecified atom stereocenters. The highest BCUT2D eigenvalue weighted by atomic mass is 32.2. The van der Waals surface area contributed by atoms with Crippen LogP contribution in [0.5, 0.6) is 0 Å². The zero-order valence-corrected chi connectivity index (χ0v) is 12.6. The zero-order chi connectivity index (χ0) is 15.7. The molecule has 112 valence electrons. The molecule has 7 heteroatoms. The molecule has 1 aliphatic rings. The Bertz CT molecular complexity index is 798. The summed E-state index contributed by atoms with van der Waals surface area (Å²) in [6.45, 7) is 1.69. The van der Waals surface area contributed by atoms with Gasteiger partial charge in [-0.15, -0.1) is 0 Å². The largest absolute Gasteiger partial charge is 0.351 e. The number of anilines is 1. The summed E-state index contributed by atoms with van der Waals surface area (Å²) in [6.07, 6.45) is 0. The van der Waals surface area contributed by atoms with Gasteiger partial charge in [-0.1, -0.05) is 36.0 Å². The van der Waals surface area contributed by atoms with E-state index in [1.807, 2.05) is 36.4 Å². The number of carbonyl (C=O) groups excluding carboxylic acids is 2. The third-order valence-electron chi connectivity index (χ3n) is 3.25. The van der Waals surface area contributed by atoms with E-state index >= 15 is 0 Å². The van der Waals surface area contributed by atoms with Gasteiger partial charge in [0.05, 0.1) is 16.6 Å². The van der Waals surface area contributed by atoms with E-state index in [2.05, 4.69) is 15.6 Å². The van der Waals surface area contributed by atoms with Crippen LogP contribution in [-0.4, -0.2) is 22.4 Å². The molecule has 3 amide bonds. The summed E-state index contributed by atoms with van der Waals surface area (Å²) in [5.41, 5.74) is 6.76. The highest BCUT2D eigenvalue weighted by Gasteiger charge is 2.21. The molecule has 0 bridgehead atoms. The van der Waals surface area contributed by atoms with E-state index in [1.54, 1.807) is 6.92 Å². The highest BCUT2D eigenvalue weighted by molar-refractivity contribution is 8.15. The number of rotatable bonds is 2. The van der Waals surface area contributed by atoms with Crippen LogP contribution >= 0.6 is 11.8 Å². The van der Waals surface area contributed by atoms with Gasteiger partial charge < -0.3 is 11.1 Å². The van der Waals surface area contributed by atoms with Gasteiger partial charge in [0.1, 0.15) is 0 Å². The molecule has 0 aromatic heterocycles. The summed E-state index contributed by atoms with van der Waals surface area (Å²) in [6, 6.07) is 11.0. The van der Waals surface area contributed by atoms with Crippen molar-refractivity contribution in [2.45, 2.75) is 12.2 Å². The number of nitrogens with zero attached hydrogens (tertiary/aromatic N) is 1. The lowest BCUT2D eigenvalue weighted by Crippen LogP contribution is -2.40. The summed E-state index contributed by atoms with van der Waals surface area (Å²) in [5, 5.41) is 7.56. The van der Waals surface area contributed by atoms with E-state index in [-0.39, 0.29) is 0 Å². The van der Waals surface area contributed by atoms with Gasteiger partial charge >= 0.3 is 6.03 Å². The van der Waals surface area contributed by atoms with E-state index in [4.69, 9.17) is 5.73 Å². The van der Waals surface area contributed by atoms with Crippen LogP contribution < -0.4 is 16.4 Å². The number of nitrogens with one attached hydrogen (secondary N) is 2. The smallest absolute Gasteiger partial charge is 0.318 e. The van der Waals surface area contributed by atoms with Gasteiger partial charge in [0.2, 0.25) is 5.91 Å². The number of hydrogen-bond donors (Lipinski definition) is 3. The van der Waals surface area contributed by atoms with Crippen molar-refractivity contribution >= 4 is 51.0 Å². The summed E-state index contributed by atoms with van der Waals surface area (Å²) >= 11 is 1.24. The van der Waals surface area contributed by atoms with Crippen molar-refractivity contribution in [3.63, 3.8) is 0 Å². The van der Waals surface area contributed by atoms with E-state index in [0.29, 0.717) is 5.17 Å². The molecule has 0 radical (unpaired) electrons. The Morgan fingerprint density at radius 3 is 2.73 bits per heavy atom. The quantitative estimate of drug-likeness (QED) is 0.793. The average molecular weight is 314 g/mol. The van der Waals surface area contributed by atoms with Crippen LogP contribution in [0.25, 0.3) is 10.8 Å². The van der Waals surface area contributed by atoms with Crippen LogP contribution in [0.4, 0.5) is 16.2 Å². The minimum atomic E-state index is -0.855. The second-order valence-electron chi connectivity index (χ2n) is 4.84. The van der Waals surface area contributed by atoms with Crippen molar-refractivity contribution in [3.8, 4) is 0 Å². The minimum absolute atomic E-state index is 0.445. The monoisotopic (exact) mass is 314 g/mol. The normalized spacial score (nSPS) is 14.0. The fraction of sp³-hybridized carbons (Fsp3) is 0.133. The topological polar surface area (TPSA) is 96.6 Å². The van der Waals surface area contributed by atoms with Crippen molar-refractivity contribution in [3.05, 3.63) is 36.4 Å². The number of primary amides is 1. The summed E-state index contributed by atoms with van der Waals surface area (Å²) in [7, 11) is 0. The first-order valence-corrected chi connectivity index (χ1v) is 7.57. The van der Waals surface area contributed by atoms with Crippen molar-refractivity contribution in [1.82, 2.24) is 5.32 Å². The maximum atomic E-state index is 11.7. The summed E-state index contributed by atoms with van der Waals surface area (Å²) in [5.74, 6) is -0.445. The van der Waals surface area contributed by atoms with Crippen LogP contribution in [-0.2, 0) is 4.79 Å². The number of carbonyl (C=O) groups is 2. The van der Waals surface area contributed by atoms with Gasteiger partial charge in [-0.3, -0.25) is 10.1 Å². The van der Waals surface area contributed by atoms with E-state index in [9.17, 15) is 9.59 Å². The van der Waals surface area contributed by atoms with Crippen molar-refractivity contribution in [2.24, 2.45) is 10.7 Å². The lowest BCUT2D eigenvalue weighted by atomic mass is 10.1. The Labute approximate surface area is 131 Å². The maximum absolute atomic E-state index is 11.7. The average Bonchev–Trinajstić information content (AvgIpc) is 2.47. The molecule has 2 aromatic rings. The molecular formula is C15H14N4O2S. The van der Waals surface area contributed by atoms with E-state index in [1.165, 1.54) is 11.8 Å². The third kappa shape index (κ3) is 2.75. The lowest BCUT2D eigenvalue weighted by Gasteiger charge is -2.20.